The van der Waals surface area contributed by atoms with Gasteiger partial charge >= 0.3 is 0 Å². The molecule has 2 saturated heterocycles. The van der Waals surface area contributed by atoms with Crippen LogP contribution in [0, 0.1) is 5.92 Å². The quantitative estimate of drug-likeness (QED) is 0.833. The number of amides is 1. The van der Waals surface area contributed by atoms with E-state index in [2.05, 4.69) is 29.0 Å². The van der Waals surface area contributed by atoms with E-state index in [0.717, 1.165) is 38.6 Å². The molecule has 1 N–H and O–H groups in total. The standard InChI is InChI=1S/C16H31N3O/c1-3-18(12-15-8-6-9-17-11-15)13-16(20)19-10-5-4-7-14(19)2/h14-15,17H,3-13H2,1-2H3. The Balaban J connectivity index is 1.80. The predicted molar refractivity (Wildman–Crippen MR) is 82.7 cm³/mol. The van der Waals surface area contributed by atoms with Crippen LogP contribution in [0.2, 0.25) is 0 Å². The minimum absolute atomic E-state index is 0.336. The first kappa shape index (κ1) is 15.8. The van der Waals surface area contributed by atoms with Crippen molar-refractivity contribution >= 4 is 5.91 Å². The van der Waals surface area contributed by atoms with Gasteiger partial charge in [-0.3, -0.25) is 9.69 Å². The van der Waals surface area contributed by atoms with E-state index >= 15 is 0 Å². The molecule has 2 unspecified atom stereocenters. The van der Waals surface area contributed by atoms with Crippen molar-refractivity contribution in [1.82, 2.24) is 15.1 Å². The summed E-state index contributed by atoms with van der Waals surface area (Å²) >= 11 is 0. The van der Waals surface area contributed by atoms with E-state index in [1.807, 2.05) is 0 Å². The molecule has 0 bridgehead atoms. The maximum absolute atomic E-state index is 12.5. The molecule has 2 aliphatic heterocycles. The molecule has 0 aromatic heterocycles. The number of hydrogen-bond donors (Lipinski definition) is 1. The molecular weight excluding hydrogens is 250 g/mol. The van der Waals surface area contributed by atoms with Crippen LogP contribution in [0.15, 0.2) is 0 Å². The number of piperidine rings is 2. The van der Waals surface area contributed by atoms with E-state index in [-0.39, 0.29) is 0 Å². The topological polar surface area (TPSA) is 35.6 Å². The van der Waals surface area contributed by atoms with E-state index in [9.17, 15) is 4.79 Å². The van der Waals surface area contributed by atoms with E-state index in [4.69, 9.17) is 0 Å². The summed E-state index contributed by atoms with van der Waals surface area (Å²) in [6.45, 7) is 10.3. The second-order valence-corrected chi connectivity index (χ2v) is 6.47. The van der Waals surface area contributed by atoms with Crippen molar-refractivity contribution in [2.45, 2.75) is 52.0 Å². The average molecular weight is 281 g/mol. The third-order valence-corrected chi connectivity index (χ3v) is 4.84. The Morgan fingerprint density at radius 1 is 1.30 bits per heavy atom. The summed E-state index contributed by atoms with van der Waals surface area (Å²) in [6, 6.07) is 0.436. The Kier molecular flexibility index (Phi) is 6.30. The van der Waals surface area contributed by atoms with Gasteiger partial charge in [0.2, 0.25) is 5.91 Å². The van der Waals surface area contributed by atoms with Crippen molar-refractivity contribution in [1.29, 1.82) is 0 Å². The summed E-state index contributed by atoms with van der Waals surface area (Å²) in [6.07, 6.45) is 6.20. The fraction of sp³-hybridized carbons (Fsp3) is 0.938. The number of nitrogens with zero attached hydrogens (tertiary/aromatic N) is 2. The van der Waals surface area contributed by atoms with Crippen LogP contribution in [0.3, 0.4) is 0 Å². The van der Waals surface area contributed by atoms with Crippen LogP contribution in [-0.4, -0.2) is 61.0 Å². The first-order valence-corrected chi connectivity index (χ1v) is 8.43. The van der Waals surface area contributed by atoms with Gasteiger partial charge in [-0.15, -0.1) is 0 Å². The summed E-state index contributed by atoms with van der Waals surface area (Å²) in [5, 5.41) is 3.47. The Morgan fingerprint density at radius 2 is 2.15 bits per heavy atom. The number of carbonyl (C=O) groups excluding carboxylic acids is 1. The average Bonchev–Trinajstić information content (AvgIpc) is 2.48. The second-order valence-electron chi connectivity index (χ2n) is 6.47. The van der Waals surface area contributed by atoms with Crippen LogP contribution in [0.25, 0.3) is 0 Å². The molecule has 0 aromatic carbocycles. The molecule has 0 aliphatic carbocycles. The number of likely N-dealkylation sites (tertiary alicyclic amines) is 1. The van der Waals surface area contributed by atoms with E-state index in [0.29, 0.717) is 18.5 Å². The van der Waals surface area contributed by atoms with Crippen LogP contribution in [0.4, 0.5) is 0 Å². The zero-order chi connectivity index (χ0) is 14.4. The van der Waals surface area contributed by atoms with Crippen molar-refractivity contribution in [3.63, 3.8) is 0 Å². The zero-order valence-corrected chi connectivity index (χ0v) is 13.2. The van der Waals surface area contributed by atoms with Gasteiger partial charge in [-0.2, -0.15) is 0 Å². The van der Waals surface area contributed by atoms with Crippen molar-refractivity contribution in [2.75, 3.05) is 39.3 Å². The molecule has 0 aromatic rings. The highest BCUT2D eigenvalue weighted by molar-refractivity contribution is 5.78. The molecule has 2 rings (SSSR count). The minimum Gasteiger partial charge on any atom is -0.339 e. The summed E-state index contributed by atoms with van der Waals surface area (Å²) in [5.41, 5.74) is 0. The zero-order valence-electron chi connectivity index (χ0n) is 13.2. The Morgan fingerprint density at radius 3 is 2.80 bits per heavy atom. The molecule has 0 spiro atoms. The van der Waals surface area contributed by atoms with E-state index < -0.39 is 0 Å². The summed E-state index contributed by atoms with van der Waals surface area (Å²) in [7, 11) is 0. The number of nitrogens with one attached hydrogen (secondary N) is 1. The van der Waals surface area contributed by atoms with Gasteiger partial charge in [-0.25, -0.2) is 0 Å². The molecule has 1 amide bonds. The fourth-order valence-electron chi connectivity index (χ4n) is 3.50. The van der Waals surface area contributed by atoms with Crippen LogP contribution in [0.5, 0.6) is 0 Å². The third-order valence-electron chi connectivity index (χ3n) is 4.84. The molecule has 2 fully saturated rings. The third kappa shape index (κ3) is 4.45. The second kappa shape index (κ2) is 7.99. The van der Waals surface area contributed by atoms with Crippen molar-refractivity contribution in [2.24, 2.45) is 5.92 Å². The number of carbonyl (C=O) groups is 1. The minimum atomic E-state index is 0.336. The Bertz CT molecular complexity index is 302. The van der Waals surface area contributed by atoms with Gasteiger partial charge in [0, 0.05) is 19.1 Å². The van der Waals surface area contributed by atoms with Crippen molar-refractivity contribution in [3.8, 4) is 0 Å². The lowest BCUT2D eigenvalue weighted by atomic mass is 9.99. The van der Waals surface area contributed by atoms with Gasteiger partial charge in [-0.05, 0) is 64.6 Å². The van der Waals surface area contributed by atoms with Crippen molar-refractivity contribution in [3.05, 3.63) is 0 Å². The smallest absolute Gasteiger partial charge is 0.236 e. The SMILES string of the molecule is CCN(CC(=O)N1CCCCC1C)CC1CCCNC1. The van der Waals surface area contributed by atoms with Crippen molar-refractivity contribution < 1.29 is 4.79 Å². The molecule has 2 heterocycles. The van der Waals surface area contributed by atoms with Gasteiger partial charge in [0.25, 0.3) is 0 Å². The number of likely N-dealkylation sites (N-methyl/N-ethyl adjacent to an activating group) is 1. The lowest BCUT2D eigenvalue weighted by Crippen LogP contribution is -2.48. The van der Waals surface area contributed by atoms with Crippen LogP contribution >= 0.6 is 0 Å². The van der Waals surface area contributed by atoms with Gasteiger partial charge in [-0.1, -0.05) is 6.92 Å². The highest BCUT2D eigenvalue weighted by Gasteiger charge is 2.25. The Labute approximate surface area is 123 Å². The predicted octanol–water partition coefficient (Wildman–Crippen LogP) is 1.71. The summed E-state index contributed by atoms with van der Waals surface area (Å²) < 4.78 is 0. The summed E-state index contributed by atoms with van der Waals surface area (Å²) in [4.78, 5) is 16.9. The monoisotopic (exact) mass is 281 g/mol. The normalized spacial score (nSPS) is 27.9. The van der Waals surface area contributed by atoms with Crippen LogP contribution in [-0.2, 0) is 4.79 Å². The maximum Gasteiger partial charge on any atom is 0.236 e. The molecule has 0 saturated carbocycles. The lowest BCUT2D eigenvalue weighted by molar-refractivity contribution is -0.135. The Hall–Kier alpha value is -0.610. The molecule has 4 heteroatoms. The molecule has 4 nitrogen and oxygen atoms in total. The van der Waals surface area contributed by atoms with E-state index in [1.54, 1.807) is 0 Å². The van der Waals surface area contributed by atoms with Gasteiger partial charge in [0.1, 0.15) is 0 Å². The van der Waals surface area contributed by atoms with Crippen LogP contribution in [0.1, 0.15) is 46.0 Å². The molecule has 2 aliphatic rings. The molecular formula is C16H31N3O. The van der Waals surface area contributed by atoms with Gasteiger partial charge in [0.05, 0.1) is 6.54 Å². The van der Waals surface area contributed by atoms with Gasteiger partial charge < -0.3 is 10.2 Å². The number of rotatable bonds is 5. The highest BCUT2D eigenvalue weighted by Crippen LogP contribution is 2.17. The molecule has 20 heavy (non-hydrogen) atoms. The first-order chi connectivity index (χ1) is 9.70. The first-order valence-electron chi connectivity index (χ1n) is 8.43. The van der Waals surface area contributed by atoms with E-state index in [1.165, 1.54) is 32.1 Å². The molecule has 116 valence electrons. The molecule has 0 radical (unpaired) electrons. The largest absolute Gasteiger partial charge is 0.339 e. The number of hydrogen-bond acceptors (Lipinski definition) is 3. The molecule has 2 atom stereocenters. The highest BCUT2D eigenvalue weighted by atomic mass is 16.2. The summed E-state index contributed by atoms with van der Waals surface area (Å²) in [5.74, 6) is 1.05. The lowest BCUT2D eigenvalue weighted by Gasteiger charge is -2.36. The maximum atomic E-state index is 12.5. The van der Waals surface area contributed by atoms with Gasteiger partial charge in [0.15, 0.2) is 0 Å². The van der Waals surface area contributed by atoms with Crippen LogP contribution < -0.4 is 5.32 Å². The fourth-order valence-corrected chi connectivity index (χ4v) is 3.50.